The third kappa shape index (κ3) is 2.85. The van der Waals surface area contributed by atoms with Crippen LogP contribution in [-0.2, 0) is 16.0 Å². The molecule has 0 saturated carbocycles. The van der Waals surface area contributed by atoms with Crippen molar-refractivity contribution in [1.82, 2.24) is 0 Å². The average molecular weight is 214 g/mol. The molecule has 1 aromatic heterocycles. The first-order valence-corrected chi connectivity index (χ1v) is 4.84. The molecule has 0 aliphatic heterocycles. The lowest BCUT2D eigenvalue weighted by molar-refractivity contribution is -0.136. The molecular formula is C9H10O4S. The third-order valence-corrected chi connectivity index (χ3v) is 2.76. The predicted octanol–water partition coefficient (Wildman–Crippen LogP) is 1.55. The molecule has 5 heteroatoms. The normalized spacial score (nSPS) is 9.79. The van der Waals surface area contributed by atoms with Gasteiger partial charge in [-0.1, -0.05) is 0 Å². The smallest absolute Gasteiger partial charge is 0.348 e. The minimum Gasteiger partial charge on any atom is -0.481 e. The molecule has 0 amide bonds. The van der Waals surface area contributed by atoms with Crippen molar-refractivity contribution in [2.75, 3.05) is 7.11 Å². The van der Waals surface area contributed by atoms with Gasteiger partial charge in [0.15, 0.2) is 0 Å². The fourth-order valence-corrected chi connectivity index (χ4v) is 1.88. The predicted molar refractivity (Wildman–Crippen MR) is 51.6 cm³/mol. The largest absolute Gasteiger partial charge is 0.481 e. The zero-order valence-corrected chi connectivity index (χ0v) is 8.47. The highest BCUT2D eigenvalue weighted by atomic mass is 32.1. The molecule has 0 bridgehead atoms. The van der Waals surface area contributed by atoms with E-state index in [0.717, 1.165) is 4.88 Å². The fourth-order valence-electron chi connectivity index (χ4n) is 0.953. The monoisotopic (exact) mass is 214 g/mol. The number of esters is 1. The first kappa shape index (κ1) is 10.7. The second-order valence-corrected chi connectivity index (χ2v) is 3.82. The third-order valence-electron chi connectivity index (χ3n) is 1.63. The zero-order valence-electron chi connectivity index (χ0n) is 7.65. The van der Waals surface area contributed by atoms with Gasteiger partial charge in [0.05, 0.1) is 13.5 Å². The first-order chi connectivity index (χ1) is 6.63. The van der Waals surface area contributed by atoms with Crippen LogP contribution >= 0.6 is 11.3 Å². The fraction of sp³-hybridized carbons (Fsp3) is 0.333. The Morgan fingerprint density at radius 1 is 1.50 bits per heavy atom. The van der Waals surface area contributed by atoms with Gasteiger partial charge in [-0.2, -0.15) is 0 Å². The number of ether oxygens (including phenoxy) is 1. The molecule has 1 heterocycles. The Hall–Kier alpha value is -1.36. The van der Waals surface area contributed by atoms with Gasteiger partial charge in [0.2, 0.25) is 0 Å². The quantitative estimate of drug-likeness (QED) is 0.772. The molecule has 1 aromatic rings. The van der Waals surface area contributed by atoms with Gasteiger partial charge in [0.25, 0.3) is 0 Å². The number of thiophene rings is 1. The summed E-state index contributed by atoms with van der Waals surface area (Å²) in [6, 6.07) is 3.40. The van der Waals surface area contributed by atoms with Crippen LogP contribution in [0.15, 0.2) is 12.1 Å². The molecule has 1 rings (SSSR count). The number of aliphatic carboxylic acids is 1. The molecule has 14 heavy (non-hydrogen) atoms. The maximum atomic E-state index is 11.0. The van der Waals surface area contributed by atoms with Crippen LogP contribution in [0.5, 0.6) is 0 Å². The van der Waals surface area contributed by atoms with Gasteiger partial charge in [-0.15, -0.1) is 11.3 Å². The average Bonchev–Trinajstić information content (AvgIpc) is 2.62. The molecule has 0 atom stereocenters. The van der Waals surface area contributed by atoms with Gasteiger partial charge < -0.3 is 9.84 Å². The number of carbonyl (C=O) groups is 2. The van der Waals surface area contributed by atoms with Gasteiger partial charge in [-0.05, 0) is 18.6 Å². The Balaban J connectivity index is 2.59. The van der Waals surface area contributed by atoms with Crippen LogP contribution in [0, 0.1) is 0 Å². The Kier molecular flexibility index (Phi) is 3.64. The van der Waals surface area contributed by atoms with E-state index in [1.807, 2.05) is 0 Å². The molecule has 0 radical (unpaired) electrons. The van der Waals surface area contributed by atoms with Crippen molar-refractivity contribution >= 4 is 23.3 Å². The summed E-state index contributed by atoms with van der Waals surface area (Å²) in [7, 11) is 1.32. The highest BCUT2D eigenvalue weighted by Gasteiger charge is 2.09. The summed E-state index contributed by atoms with van der Waals surface area (Å²) in [4.78, 5) is 22.7. The van der Waals surface area contributed by atoms with Crippen molar-refractivity contribution in [3.63, 3.8) is 0 Å². The van der Waals surface area contributed by atoms with Crippen LogP contribution in [0.2, 0.25) is 0 Å². The van der Waals surface area contributed by atoms with Crippen molar-refractivity contribution < 1.29 is 19.4 Å². The molecule has 4 nitrogen and oxygen atoms in total. The lowest BCUT2D eigenvalue weighted by atomic mass is 10.3. The summed E-state index contributed by atoms with van der Waals surface area (Å²) < 4.78 is 4.53. The topological polar surface area (TPSA) is 63.6 Å². The van der Waals surface area contributed by atoms with Crippen molar-refractivity contribution in [3.05, 3.63) is 21.9 Å². The van der Waals surface area contributed by atoms with Gasteiger partial charge in [0, 0.05) is 4.88 Å². The van der Waals surface area contributed by atoms with Crippen LogP contribution in [0.1, 0.15) is 21.0 Å². The number of methoxy groups -OCH3 is 1. The maximum absolute atomic E-state index is 11.0. The van der Waals surface area contributed by atoms with Gasteiger partial charge in [0.1, 0.15) is 4.88 Å². The molecule has 0 aliphatic carbocycles. The number of aryl methyl sites for hydroxylation is 1. The van der Waals surface area contributed by atoms with E-state index in [4.69, 9.17) is 5.11 Å². The van der Waals surface area contributed by atoms with Crippen molar-refractivity contribution in [2.45, 2.75) is 12.8 Å². The van der Waals surface area contributed by atoms with Crippen molar-refractivity contribution in [3.8, 4) is 0 Å². The van der Waals surface area contributed by atoms with Crippen molar-refractivity contribution in [1.29, 1.82) is 0 Å². The van der Waals surface area contributed by atoms with E-state index >= 15 is 0 Å². The lowest BCUT2D eigenvalue weighted by Crippen LogP contribution is -1.97. The standard InChI is InChI=1S/C9H10O4S/c1-13-9(12)7-4-2-6(14-7)3-5-8(10)11/h2,4H,3,5H2,1H3,(H,10,11). The Morgan fingerprint density at radius 2 is 2.21 bits per heavy atom. The zero-order chi connectivity index (χ0) is 10.6. The number of carbonyl (C=O) groups excluding carboxylic acids is 1. The summed E-state index contributed by atoms with van der Waals surface area (Å²) in [5.41, 5.74) is 0. The molecular weight excluding hydrogens is 204 g/mol. The van der Waals surface area contributed by atoms with Crippen LogP contribution < -0.4 is 0 Å². The summed E-state index contributed by atoms with van der Waals surface area (Å²) in [6.45, 7) is 0. The van der Waals surface area contributed by atoms with E-state index in [-0.39, 0.29) is 12.4 Å². The summed E-state index contributed by atoms with van der Waals surface area (Å²) >= 11 is 1.27. The molecule has 0 aliphatic rings. The minimum absolute atomic E-state index is 0.0845. The second kappa shape index (κ2) is 4.76. The van der Waals surface area contributed by atoms with Crippen LogP contribution in [0.4, 0.5) is 0 Å². The van der Waals surface area contributed by atoms with E-state index in [1.54, 1.807) is 12.1 Å². The molecule has 0 unspecified atom stereocenters. The summed E-state index contributed by atoms with van der Waals surface area (Å²) in [5.74, 6) is -1.21. The van der Waals surface area contributed by atoms with E-state index in [9.17, 15) is 9.59 Å². The highest BCUT2D eigenvalue weighted by Crippen LogP contribution is 2.18. The molecule has 0 spiro atoms. The van der Waals surface area contributed by atoms with Crippen LogP contribution in [-0.4, -0.2) is 24.2 Å². The Labute approximate surface area is 85.1 Å². The summed E-state index contributed by atoms with van der Waals surface area (Å²) in [5, 5.41) is 8.45. The number of hydrogen-bond donors (Lipinski definition) is 1. The van der Waals surface area contributed by atoms with E-state index in [0.29, 0.717) is 11.3 Å². The van der Waals surface area contributed by atoms with Crippen LogP contribution in [0.25, 0.3) is 0 Å². The van der Waals surface area contributed by atoms with Crippen molar-refractivity contribution in [2.24, 2.45) is 0 Å². The maximum Gasteiger partial charge on any atom is 0.348 e. The molecule has 0 aromatic carbocycles. The number of carboxylic acid groups (broad SMARTS) is 1. The van der Waals surface area contributed by atoms with Gasteiger partial charge in [-0.3, -0.25) is 4.79 Å². The SMILES string of the molecule is COC(=O)c1ccc(CCC(=O)O)s1. The van der Waals surface area contributed by atoms with Gasteiger partial charge in [-0.25, -0.2) is 4.79 Å². The minimum atomic E-state index is -0.835. The van der Waals surface area contributed by atoms with E-state index in [1.165, 1.54) is 18.4 Å². The number of carboxylic acids is 1. The van der Waals surface area contributed by atoms with Crippen LogP contribution in [0.3, 0.4) is 0 Å². The molecule has 0 fully saturated rings. The Morgan fingerprint density at radius 3 is 2.79 bits per heavy atom. The molecule has 0 saturated heterocycles. The first-order valence-electron chi connectivity index (χ1n) is 4.02. The van der Waals surface area contributed by atoms with E-state index in [2.05, 4.69) is 4.74 Å². The number of hydrogen-bond acceptors (Lipinski definition) is 4. The van der Waals surface area contributed by atoms with Gasteiger partial charge >= 0.3 is 11.9 Å². The second-order valence-electron chi connectivity index (χ2n) is 2.65. The molecule has 76 valence electrons. The van der Waals surface area contributed by atoms with E-state index < -0.39 is 5.97 Å². The molecule has 1 N–H and O–H groups in total. The summed E-state index contributed by atoms with van der Waals surface area (Å²) in [6.07, 6.45) is 0.540. The Bertz CT molecular complexity index is 342. The highest BCUT2D eigenvalue weighted by molar-refractivity contribution is 7.13. The lowest BCUT2D eigenvalue weighted by Gasteiger charge is -1.93. The number of rotatable bonds is 4.